The topological polar surface area (TPSA) is 51.2 Å². The van der Waals surface area contributed by atoms with E-state index in [0.29, 0.717) is 6.54 Å². The first-order valence-corrected chi connectivity index (χ1v) is 8.49. The second kappa shape index (κ2) is 8.02. The van der Waals surface area contributed by atoms with Crippen molar-refractivity contribution < 1.29 is 9.53 Å². The first kappa shape index (κ1) is 17.3. The van der Waals surface area contributed by atoms with Gasteiger partial charge in [0.15, 0.2) is 0 Å². The minimum atomic E-state index is -0.486. The Labute approximate surface area is 141 Å². The molecule has 1 N–H and O–H groups in total. The molecule has 0 fully saturated rings. The Morgan fingerprint density at radius 2 is 1.87 bits per heavy atom. The lowest BCUT2D eigenvalue weighted by Gasteiger charge is -2.19. The molecule has 122 valence electrons. The average molecular weight is 330 g/mol. The van der Waals surface area contributed by atoms with E-state index >= 15 is 0 Å². The van der Waals surface area contributed by atoms with Crippen molar-refractivity contribution in [3.8, 4) is 0 Å². The van der Waals surface area contributed by atoms with Crippen LogP contribution in [0.15, 0.2) is 53.7 Å². The monoisotopic (exact) mass is 330 g/mol. The highest BCUT2D eigenvalue weighted by Crippen LogP contribution is 2.20. The van der Waals surface area contributed by atoms with Gasteiger partial charge in [-0.15, -0.1) is 11.8 Å². The summed E-state index contributed by atoms with van der Waals surface area (Å²) in [6, 6.07) is 14.2. The number of alkyl carbamates (subject to hydrolysis) is 1. The van der Waals surface area contributed by atoms with Gasteiger partial charge >= 0.3 is 6.09 Å². The highest BCUT2D eigenvalue weighted by Gasteiger charge is 2.15. The smallest absolute Gasteiger partial charge is 0.407 e. The lowest BCUT2D eigenvalue weighted by molar-refractivity contribution is 0.0523. The van der Waals surface area contributed by atoms with Gasteiger partial charge in [-0.1, -0.05) is 36.4 Å². The number of hydrogen-bond donors (Lipinski definition) is 1. The van der Waals surface area contributed by atoms with Crippen LogP contribution in [0.1, 0.15) is 31.9 Å². The molecule has 2 rings (SSSR count). The molecule has 0 radical (unpaired) electrons. The minimum Gasteiger partial charge on any atom is -0.444 e. The number of nitrogens with zero attached hydrogens (tertiary/aromatic N) is 1. The molecular formula is C18H22N2O2S. The second-order valence-corrected chi connectivity index (χ2v) is 7.13. The minimum absolute atomic E-state index is 0.408. The van der Waals surface area contributed by atoms with Crippen molar-refractivity contribution in [3.63, 3.8) is 0 Å². The zero-order valence-electron chi connectivity index (χ0n) is 13.7. The van der Waals surface area contributed by atoms with E-state index in [2.05, 4.69) is 22.4 Å². The largest absolute Gasteiger partial charge is 0.444 e. The van der Waals surface area contributed by atoms with E-state index in [1.165, 1.54) is 5.56 Å². The van der Waals surface area contributed by atoms with Gasteiger partial charge < -0.3 is 10.1 Å². The summed E-state index contributed by atoms with van der Waals surface area (Å²) in [7, 11) is 0. The van der Waals surface area contributed by atoms with Gasteiger partial charge in [0.25, 0.3) is 0 Å². The molecule has 1 aromatic carbocycles. The van der Waals surface area contributed by atoms with Crippen LogP contribution in [-0.4, -0.2) is 16.7 Å². The van der Waals surface area contributed by atoms with Gasteiger partial charge in [-0.3, -0.25) is 0 Å². The van der Waals surface area contributed by atoms with E-state index in [1.54, 1.807) is 18.0 Å². The summed E-state index contributed by atoms with van der Waals surface area (Å²) in [5, 5.41) is 3.69. The molecule has 23 heavy (non-hydrogen) atoms. The van der Waals surface area contributed by atoms with Crippen molar-refractivity contribution in [1.29, 1.82) is 0 Å². The van der Waals surface area contributed by atoms with E-state index in [9.17, 15) is 4.79 Å². The van der Waals surface area contributed by atoms with Crippen molar-refractivity contribution in [2.24, 2.45) is 0 Å². The van der Waals surface area contributed by atoms with Gasteiger partial charge in [-0.2, -0.15) is 0 Å². The first-order chi connectivity index (χ1) is 10.9. The number of amides is 1. The lowest BCUT2D eigenvalue weighted by Crippen LogP contribution is -2.32. The molecule has 0 saturated carbocycles. The molecule has 5 heteroatoms. The molecule has 0 aliphatic rings. The highest BCUT2D eigenvalue weighted by atomic mass is 32.2. The van der Waals surface area contributed by atoms with E-state index < -0.39 is 11.7 Å². The molecule has 0 spiro atoms. The summed E-state index contributed by atoms with van der Waals surface area (Å²) < 4.78 is 5.20. The number of hydrogen-bond acceptors (Lipinski definition) is 4. The van der Waals surface area contributed by atoms with Gasteiger partial charge in [-0.05, 0) is 38.0 Å². The third-order valence-corrected chi connectivity index (χ3v) is 3.88. The number of carbonyl (C=O) groups excluding carboxylic acids is 1. The number of rotatable bonds is 5. The maximum absolute atomic E-state index is 11.6. The van der Waals surface area contributed by atoms with E-state index in [-0.39, 0.29) is 0 Å². The molecule has 1 heterocycles. The Hall–Kier alpha value is -2.01. The summed E-state index contributed by atoms with van der Waals surface area (Å²) in [6.45, 7) is 5.93. The van der Waals surface area contributed by atoms with Crippen LogP contribution in [-0.2, 0) is 17.0 Å². The molecule has 0 saturated heterocycles. The fraction of sp³-hybridized carbons (Fsp3) is 0.333. The first-order valence-electron chi connectivity index (χ1n) is 7.51. The van der Waals surface area contributed by atoms with Crippen LogP contribution < -0.4 is 5.32 Å². The molecule has 0 unspecified atom stereocenters. The van der Waals surface area contributed by atoms with Crippen LogP contribution >= 0.6 is 11.8 Å². The molecule has 0 bridgehead atoms. The van der Waals surface area contributed by atoms with Gasteiger partial charge in [-0.25, -0.2) is 9.78 Å². The third kappa shape index (κ3) is 6.74. The Kier molecular flexibility index (Phi) is 6.04. The Morgan fingerprint density at radius 1 is 1.13 bits per heavy atom. The zero-order valence-corrected chi connectivity index (χ0v) is 14.5. The summed E-state index contributed by atoms with van der Waals surface area (Å²) >= 11 is 1.69. The van der Waals surface area contributed by atoms with Crippen molar-refractivity contribution in [3.05, 3.63) is 59.8 Å². The lowest BCUT2D eigenvalue weighted by atomic mass is 10.2. The van der Waals surface area contributed by atoms with Gasteiger partial charge in [0.1, 0.15) is 5.60 Å². The van der Waals surface area contributed by atoms with E-state index in [4.69, 9.17) is 4.74 Å². The fourth-order valence-electron chi connectivity index (χ4n) is 1.82. The summed E-state index contributed by atoms with van der Waals surface area (Å²) in [6.07, 6.45) is 1.37. The summed E-state index contributed by atoms with van der Waals surface area (Å²) in [5.74, 6) is 0.892. The maximum Gasteiger partial charge on any atom is 0.407 e. The number of benzene rings is 1. The van der Waals surface area contributed by atoms with Crippen molar-refractivity contribution in [2.45, 2.75) is 43.7 Å². The van der Waals surface area contributed by atoms with Gasteiger partial charge in [0.2, 0.25) is 0 Å². The van der Waals surface area contributed by atoms with Crippen LogP contribution in [0, 0.1) is 0 Å². The molecule has 1 amide bonds. The van der Waals surface area contributed by atoms with Crippen LogP contribution in [0.5, 0.6) is 0 Å². The molecule has 0 atom stereocenters. The number of ether oxygens (including phenoxy) is 1. The fourth-order valence-corrected chi connectivity index (χ4v) is 2.62. The number of carbonyl (C=O) groups is 1. The second-order valence-electron chi connectivity index (χ2n) is 6.13. The Balaban J connectivity index is 1.79. The molecule has 4 nitrogen and oxygen atoms in total. The normalized spacial score (nSPS) is 11.1. The van der Waals surface area contributed by atoms with Crippen molar-refractivity contribution >= 4 is 17.9 Å². The van der Waals surface area contributed by atoms with Crippen molar-refractivity contribution in [1.82, 2.24) is 10.3 Å². The Morgan fingerprint density at radius 3 is 2.48 bits per heavy atom. The SMILES string of the molecule is CC(C)(C)OC(=O)NCc1ccc(SCc2ccccc2)nc1. The molecule has 0 aliphatic heterocycles. The summed E-state index contributed by atoms with van der Waals surface area (Å²) in [4.78, 5) is 16.0. The van der Waals surface area contributed by atoms with E-state index in [0.717, 1.165) is 16.3 Å². The predicted octanol–water partition coefficient (Wildman–Crippen LogP) is 4.40. The average Bonchev–Trinajstić information content (AvgIpc) is 2.51. The van der Waals surface area contributed by atoms with Crippen LogP contribution in [0.3, 0.4) is 0 Å². The zero-order chi connectivity index (χ0) is 16.7. The number of aromatic nitrogens is 1. The molecule has 2 aromatic rings. The number of thioether (sulfide) groups is 1. The quantitative estimate of drug-likeness (QED) is 0.826. The van der Waals surface area contributed by atoms with E-state index in [1.807, 2.05) is 51.1 Å². The van der Waals surface area contributed by atoms with Gasteiger partial charge in [0, 0.05) is 18.5 Å². The third-order valence-electron chi connectivity index (χ3n) is 2.86. The Bertz CT molecular complexity index is 622. The molecule has 0 aliphatic carbocycles. The number of pyridine rings is 1. The molecular weight excluding hydrogens is 308 g/mol. The van der Waals surface area contributed by atoms with Crippen molar-refractivity contribution in [2.75, 3.05) is 0 Å². The molecule has 1 aromatic heterocycles. The summed E-state index contributed by atoms with van der Waals surface area (Å²) in [5.41, 5.74) is 1.73. The van der Waals surface area contributed by atoms with Crippen LogP contribution in [0.4, 0.5) is 4.79 Å². The standard InChI is InChI=1S/C18H22N2O2S/c1-18(2,3)22-17(21)20-12-15-9-10-16(19-11-15)23-13-14-7-5-4-6-8-14/h4-11H,12-13H2,1-3H3,(H,20,21). The predicted molar refractivity (Wildman–Crippen MR) is 93.3 cm³/mol. The number of nitrogens with one attached hydrogen (secondary N) is 1. The van der Waals surface area contributed by atoms with Gasteiger partial charge in [0.05, 0.1) is 5.03 Å². The van der Waals surface area contributed by atoms with Crippen LogP contribution in [0.2, 0.25) is 0 Å². The van der Waals surface area contributed by atoms with Crippen LogP contribution in [0.25, 0.3) is 0 Å². The highest BCUT2D eigenvalue weighted by molar-refractivity contribution is 7.98. The maximum atomic E-state index is 11.6.